The van der Waals surface area contributed by atoms with Crippen molar-refractivity contribution in [1.29, 1.82) is 0 Å². The average Bonchev–Trinajstić information content (AvgIpc) is 3.05. The molecule has 2 unspecified atom stereocenters. The maximum atomic E-state index is 12.7. The molecule has 2 aliphatic rings. The molecule has 21 heavy (non-hydrogen) atoms. The highest BCUT2D eigenvalue weighted by atomic mass is 16.5. The lowest BCUT2D eigenvalue weighted by Gasteiger charge is -2.29. The monoisotopic (exact) mass is 291 g/mol. The van der Waals surface area contributed by atoms with Crippen LogP contribution in [0.5, 0.6) is 0 Å². The first kappa shape index (κ1) is 14.6. The lowest BCUT2D eigenvalue weighted by atomic mass is 10.1. The number of carbonyl (C=O) groups is 1. The molecule has 4 heteroatoms. The van der Waals surface area contributed by atoms with E-state index in [4.69, 9.17) is 9.15 Å². The van der Waals surface area contributed by atoms with Crippen LogP contribution in [0.15, 0.2) is 16.5 Å². The van der Waals surface area contributed by atoms with Crippen LogP contribution in [0, 0.1) is 6.92 Å². The summed E-state index contributed by atoms with van der Waals surface area (Å²) in [5.41, 5.74) is 0. The number of hydrogen-bond acceptors (Lipinski definition) is 3. The highest BCUT2D eigenvalue weighted by Gasteiger charge is 2.31. The maximum absolute atomic E-state index is 12.7. The van der Waals surface area contributed by atoms with Crippen LogP contribution in [0.1, 0.15) is 62.5 Å². The van der Waals surface area contributed by atoms with E-state index in [9.17, 15) is 4.79 Å². The minimum Gasteiger partial charge on any atom is -0.464 e. The second kappa shape index (κ2) is 6.65. The fourth-order valence-corrected chi connectivity index (χ4v) is 3.45. The third kappa shape index (κ3) is 3.49. The Labute approximate surface area is 126 Å². The van der Waals surface area contributed by atoms with Gasteiger partial charge in [-0.05, 0) is 44.7 Å². The van der Waals surface area contributed by atoms with Crippen molar-refractivity contribution >= 4 is 5.91 Å². The summed E-state index contributed by atoms with van der Waals surface area (Å²) in [4.78, 5) is 14.7. The van der Waals surface area contributed by atoms with Crippen LogP contribution >= 0.6 is 0 Å². The van der Waals surface area contributed by atoms with Gasteiger partial charge in [-0.15, -0.1) is 0 Å². The number of furan rings is 1. The van der Waals surface area contributed by atoms with Gasteiger partial charge in [-0.25, -0.2) is 0 Å². The first-order valence-corrected chi connectivity index (χ1v) is 8.21. The SMILES string of the molecule is Cc1ccc(C2CCCCCN2C(=O)CC2CCCO2)o1. The van der Waals surface area contributed by atoms with E-state index in [0.29, 0.717) is 6.42 Å². The van der Waals surface area contributed by atoms with Gasteiger partial charge in [-0.3, -0.25) is 4.79 Å². The molecule has 3 heterocycles. The van der Waals surface area contributed by atoms with Crippen LogP contribution in [-0.2, 0) is 9.53 Å². The number of ether oxygens (including phenoxy) is 1. The molecule has 0 bridgehead atoms. The molecule has 0 saturated carbocycles. The van der Waals surface area contributed by atoms with Crippen LogP contribution in [0.2, 0.25) is 0 Å². The largest absolute Gasteiger partial charge is 0.464 e. The summed E-state index contributed by atoms with van der Waals surface area (Å²) in [6.45, 7) is 3.60. The molecule has 1 aromatic heterocycles. The Morgan fingerprint density at radius 2 is 2.14 bits per heavy atom. The number of aryl methyl sites for hydroxylation is 1. The van der Waals surface area contributed by atoms with Crippen LogP contribution < -0.4 is 0 Å². The molecule has 2 atom stereocenters. The lowest BCUT2D eigenvalue weighted by Crippen LogP contribution is -2.36. The van der Waals surface area contributed by atoms with E-state index in [1.807, 2.05) is 24.0 Å². The van der Waals surface area contributed by atoms with Crippen LogP contribution in [-0.4, -0.2) is 30.1 Å². The minimum atomic E-state index is 0.107. The Balaban J connectivity index is 1.73. The maximum Gasteiger partial charge on any atom is 0.225 e. The van der Waals surface area contributed by atoms with E-state index in [1.54, 1.807) is 0 Å². The first-order chi connectivity index (χ1) is 10.2. The molecular formula is C17H25NO3. The molecule has 0 aliphatic carbocycles. The number of rotatable bonds is 3. The number of amides is 1. The van der Waals surface area contributed by atoms with Crippen molar-refractivity contribution in [2.45, 2.75) is 64.0 Å². The fourth-order valence-electron chi connectivity index (χ4n) is 3.45. The van der Waals surface area contributed by atoms with E-state index in [1.165, 1.54) is 6.42 Å². The van der Waals surface area contributed by atoms with Crippen molar-refractivity contribution < 1.29 is 13.9 Å². The Morgan fingerprint density at radius 1 is 1.24 bits per heavy atom. The summed E-state index contributed by atoms with van der Waals surface area (Å²) in [6.07, 6.45) is 7.20. The predicted octanol–water partition coefficient (Wildman–Crippen LogP) is 3.60. The summed E-state index contributed by atoms with van der Waals surface area (Å²) < 4.78 is 11.4. The van der Waals surface area contributed by atoms with E-state index < -0.39 is 0 Å². The van der Waals surface area contributed by atoms with E-state index in [0.717, 1.165) is 56.8 Å². The molecule has 0 spiro atoms. The average molecular weight is 291 g/mol. The summed E-state index contributed by atoms with van der Waals surface area (Å²) in [6, 6.07) is 4.12. The lowest BCUT2D eigenvalue weighted by molar-refractivity contribution is -0.136. The van der Waals surface area contributed by atoms with Crippen molar-refractivity contribution in [2.75, 3.05) is 13.2 Å². The summed E-state index contributed by atoms with van der Waals surface area (Å²) in [7, 11) is 0. The zero-order chi connectivity index (χ0) is 14.7. The molecule has 1 amide bonds. The Kier molecular flexibility index (Phi) is 4.63. The standard InChI is InChI=1S/C17H25NO3/c1-13-8-9-16(21-13)15-7-3-2-4-10-18(15)17(19)12-14-6-5-11-20-14/h8-9,14-15H,2-7,10-12H2,1H3. The van der Waals surface area contributed by atoms with E-state index in [2.05, 4.69) is 0 Å². The normalized spacial score (nSPS) is 26.8. The minimum absolute atomic E-state index is 0.107. The second-order valence-electron chi connectivity index (χ2n) is 6.24. The molecular weight excluding hydrogens is 266 g/mol. The van der Waals surface area contributed by atoms with Crippen LogP contribution in [0.3, 0.4) is 0 Å². The third-order valence-electron chi connectivity index (χ3n) is 4.59. The predicted molar refractivity (Wildman–Crippen MR) is 80.0 cm³/mol. The first-order valence-electron chi connectivity index (χ1n) is 8.21. The van der Waals surface area contributed by atoms with Gasteiger partial charge in [0.2, 0.25) is 5.91 Å². The molecule has 116 valence electrons. The Bertz CT molecular complexity index is 476. The summed E-state index contributed by atoms with van der Waals surface area (Å²) in [5.74, 6) is 2.08. The Morgan fingerprint density at radius 3 is 2.86 bits per heavy atom. The van der Waals surface area contributed by atoms with E-state index >= 15 is 0 Å². The second-order valence-corrected chi connectivity index (χ2v) is 6.24. The topological polar surface area (TPSA) is 42.7 Å². The van der Waals surface area contributed by atoms with Gasteiger partial charge >= 0.3 is 0 Å². The van der Waals surface area contributed by atoms with Crippen molar-refractivity contribution in [1.82, 2.24) is 4.90 Å². The molecule has 3 rings (SSSR count). The summed E-state index contributed by atoms with van der Waals surface area (Å²) in [5, 5.41) is 0. The smallest absolute Gasteiger partial charge is 0.225 e. The van der Waals surface area contributed by atoms with Gasteiger partial charge in [0.15, 0.2) is 0 Å². The molecule has 2 fully saturated rings. The van der Waals surface area contributed by atoms with Gasteiger partial charge in [0, 0.05) is 13.2 Å². The number of hydrogen-bond donors (Lipinski definition) is 0. The molecule has 2 aliphatic heterocycles. The molecule has 0 N–H and O–H groups in total. The fraction of sp³-hybridized carbons (Fsp3) is 0.706. The van der Waals surface area contributed by atoms with Gasteiger partial charge < -0.3 is 14.1 Å². The molecule has 4 nitrogen and oxygen atoms in total. The summed E-state index contributed by atoms with van der Waals surface area (Å²) >= 11 is 0. The highest BCUT2D eigenvalue weighted by Crippen LogP contribution is 2.32. The van der Waals surface area contributed by atoms with Crippen LogP contribution in [0.4, 0.5) is 0 Å². The zero-order valence-electron chi connectivity index (χ0n) is 12.8. The number of likely N-dealkylation sites (tertiary alicyclic amines) is 1. The Hall–Kier alpha value is -1.29. The molecule has 0 aromatic carbocycles. The van der Waals surface area contributed by atoms with Gasteiger partial charge in [0.1, 0.15) is 11.5 Å². The van der Waals surface area contributed by atoms with Crippen molar-refractivity contribution in [3.05, 3.63) is 23.7 Å². The van der Waals surface area contributed by atoms with Gasteiger partial charge in [0.25, 0.3) is 0 Å². The van der Waals surface area contributed by atoms with Crippen molar-refractivity contribution in [3.8, 4) is 0 Å². The van der Waals surface area contributed by atoms with Gasteiger partial charge in [-0.1, -0.05) is 12.8 Å². The highest BCUT2D eigenvalue weighted by molar-refractivity contribution is 5.77. The quantitative estimate of drug-likeness (QED) is 0.854. The van der Waals surface area contributed by atoms with Crippen LogP contribution in [0.25, 0.3) is 0 Å². The van der Waals surface area contributed by atoms with Crippen molar-refractivity contribution in [2.24, 2.45) is 0 Å². The molecule has 2 saturated heterocycles. The van der Waals surface area contributed by atoms with Crippen molar-refractivity contribution in [3.63, 3.8) is 0 Å². The molecule has 1 aromatic rings. The van der Waals surface area contributed by atoms with Gasteiger partial charge in [-0.2, -0.15) is 0 Å². The zero-order valence-corrected chi connectivity index (χ0v) is 12.8. The molecule has 0 radical (unpaired) electrons. The number of nitrogens with zero attached hydrogens (tertiary/aromatic N) is 1. The third-order valence-corrected chi connectivity index (χ3v) is 4.59. The number of carbonyl (C=O) groups excluding carboxylic acids is 1. The van der Waals surface area contributed by atoms with E-state index in [-0.39, 0.29) is 18.1 Å². The van der Waals surface area contributed by atoms with Gasteiger partial charge in [0.05, 0.1) is 18.6 Å².